The highest BCUT2D eigenvalue weighted by molar-refractivity contribution is 5.06. The number of ether oxygens (including phenoxy) is 2. The predicted octanol–water partition coefficient (Wildman–Crippen LogP) is 1.76. The zero-order chi connectivity index (χ0) is 15.6. The molecule has 1 aromatic heterocycles. The Morgan fingerprint density at radius 1 is 1.36 bits per heavy atom. The van der Waals surface area contributed by atoms with Gasteiger partial charge in [0, 0.05) is 19.6 Å². The third-order valence-corrected chi connectivity index (χ3v) is 4.51. The molecular weight excluding hydrogens is 280 g/mol. The van der Waals surface area contributed by atoms with Crippen molar-refractivity contribution in [2.45, 2.75) is 25.5 Å². The van der Waals surface area contributed by atoms with E-state index in [2.05, 4.69) is 30.0 Å². The molecule has 0 amide bonds. The maximum Gasteiger partial charge on any atom is 0.118 e. The average Bonchev–Trinajstić information content (AvgIpc) is 2.95. The summed E-state index contributed by atoms with van der Waals surface area (Å²) in [5.74, 6) is 2.60. The molecule has 2 fully saturated rings. The zero-order valence-corrected chi connectivity index (χ0v) is 14.0. The highest BCUT2D eigenvalue weighted by Gasteiger charge is 2.43. The second kappa shape index (κ2) is 6.71. The fourth-order valence-corrected chi connectivity index (χ4v) is 3.69. The highest BCUT2D eigenvalue weighted by Crippen LogP contribution is 2.33. The molecule has 0 aromatic carbocycles. The predicted molar refractivity (Wildman–Crippen MR) is 84.9 cm³/mol. The summed E-state index contributed by atoms with van der Waals surface area (Å²) in [6, 6.07) is 4.09. The van der Waals surface area contributed by atoms with Crippen molar-refractivity contribution in [1.82, 2.24) is 9.80 Å². The van der Waals surface area contributed by atoms with Crippen molar-refractivity contribution in [1.29, 1.82) is 0 Å². The molecule has 0 aliphatic carbocycles. The van der Waals surface area contributed by atoms with E-state index in [1.54, 1.807) is 0 Å². The summed E-state index contributed by atoms with van der Waals surface area (Å²) in [4.78, 5) is 4.65. The molecule has 0 bridgehead atoms. The first kappa shape index (κ1) is 16.0. The van der Waals surface area contributed by atoms with Crippen LogP contribution < -0.4 is 0 Å². The Morgan fingerprint density at radius 3 is 2.95 bits per heavy atom. The first-order valence-corrected chi connectivity index (χ1v) is 8.19. The molecular formula is C17H28N2O3. The first-order valence-electron chi connectivity index (χ1n) is 8.19. The van der Waals surface area contributed by atoms with Gasteiger partial charge < -0.3 is 18.8 Å². The van der Waals surface area contributed by atoms with Gasteiger partial charge >= 0.3 is 0 Å². The second-order valence-corrected chi connectivity index (χ2v) is 7.10. The van der Waals surface area contributed by atoms with Gasteiger partial charge in [0.25, 0.3) is 0 Å². The van der Waals surface area contributed by atoms with Crippen LogP contribution in [0.2, 0.25) is 0 Å². The van der Waals surface area contributed by atoms with Gasteiger partial charge in [-0.15, -0.1) is 0 Å². The van der Waals surface area contributed by atoms with Gasteiger partial charge in [-0.25, -0.2) is 0 Å². The SMILES string of the molecule is Cc1ccc(CN2CCOC[C@@]3(C[C@@H](CN(C)C)CO3)C2)o1. The van der Waals surface area contributed by atoms with Crippen LogP contribution in [0.15, 0.2) is 16.5 Å². The van der Waals surface area contributed by atoms with Gasteiger partial charge in [-0.05, 0) is 45.5 Å². The van der Waals surface area contributed by atoms with Crippen molar-refractivity contribution in [2.75, 3.05) is 53.6 Å². The Balaban J connectivity index is 1.62. The Labute approximate surface area is 133 Å². The van der Waals surface area contributed by atoms with Crippen LogP contribution in [0, 0.1) is 12.8 Å². The lowest BCUT2D eigenvalue weighted by molar-refractivity contribution is -0.0566. The third-order valence-electron chi connectivity index (χ3n) is 4.51. The van der Waals surface area contributed by atoms with Crippen LogP contribution in [0.3, 0.4) is 0 Å². The summed E-state index contributed by atoms with van der Waals surface area (Å²) in [6.45, 7) is 8.09. The van der Waals surface area contributed by atoms with Crippen molar-refractivity contribution < 1.29 is 13.9 Å². The van der Waals surface area contributed by atoms with Crippen LogP contribution in [0.25, 0.3) is 0 Å². The van der Waals surface area contributed by atoms with E-state index in [-0.39, 0.29) is 5.60 Å². The number of hydrogen-bond donors (Lipinski definition) is 0. The Hall–Kier alpha value is -0.880. The van der Waals surface area contributed by atoms with Crippen molar-refractivity contribution >= 4 is 0 Å². The fourth-order valence-electron chi connectivity index (χ4n) is 3.69. The minimum atomic E-state index is -0.140. The van der Waals surface area contributed by atoms with E-state index in [4.69, 9.17) is 13.9 Å². The largest absolute Gasteiger partial charge is 0.465 e. The topological polar surface area (TPSA) is 38.1 Å². The smallest absolute Gasteiger partial charge is 0.118 e. The van der Waals surface area contributed by atoms with E-state index < -0.39 is 0 Å². The summed E-state index contributed by atoms with van der Waals surface area (Å²) >= 11 is 0. The van der Waals surface area contributed by atoms with Crippen molar-refractivity contribution in [3.8, 4) is 0 Å². The van der Waals surface area contributed by atoms with Gasteiger partial charge in [0.15, 0.2) is 0 Å². The van der Waals surface area contributed by atoms with Crippen LogP contribution in [0.4, 0.5) is 0 Å². The van der Waals surface area contributed by atoms with Gasteiger partial charge in [0.2, 0.25) is 0 Å². The quantitative estimate of drug-likeness (QED) is 0.847. The monoisotopic (exact) mass is 308 g/mol. The molecule has 2 saturated heterocycles. The van der Waals surface area contributed by atoms with E-state index in [9.17, 15) is 0 Å². The standard InChI is InChI=1S/C17H28N2O3/c1-14-4-5-16(22-14)10-19-6-7-20-13-17(12-19)8-15(11-21-17)9-18(2)3/h4-5,15H,6-13H2,1-3H3/t15-,17+/m0/s1. The van der Waals surface area contributed by atoms with Crippen molar-refractivity contribution in [3.63, 3.8) is 0 Å². The van der Waals surface area contributed by atoms with Gasteiger partial charge in [0.05, 0.1) is 26.4 Å². The van der Waals surface area contributed by atoms with E-state index in [1.165, 1.54) is 0 Å². The summed E-state index contributed by atoms with van der Waals surface area (Å²) in [5.41, 5.74) is -0.140. The first-order chi connectivity index (χ1) is 10.5. The Kier molecular flexibility index (Phi) is 4.88. The number of furan rings is 1. The van der Waals surface area contributed by atoms with E-state index in [0.29, 0.717) is 12.5 Å². The van der Waals surface area contributed by atoms with Gasteiger partial charge in [-0.3, -0.25) is 4.90 Å². The Bertz CT molecular complexity index is 488. The summed E-state index contributed by atoms with van der Waals surface area (Å²) in [5, 5.41) is 0. The van der Waals surface area contributed by atoms with Gasteiger partial charge in [-0.1, -0.05) is 0 Å². The molecule has 124 valence electrons. The summed E-state index contributed by atoms with van der Waals surface area (Å²) in [7, 11) is 4.25. The average molecular weight is 308 g/mol. The minimum Gasteiger partial charge on any atom is -0.465 e. The molecule has 5 nitrogen and oxygen atoms in total. The molecule has 0 saturated carbocycles. The number of nitrogens with zero attached hydrogens (tertiary/aromatic N) is 2. The molecule has 0 N–H and O–H groups in total. The lowest BCUT2D eigenvalue weighted by atomic mass is 9.94. The lowest BCUT2D eigenvalue weighted by Crippen LogP contribution is -2.44. The zero-order valence-electron chi connectivity index (χ0n) is 14.0. The van der Waals surface area contributed by atoms with Gasteiger partial charge in [-0.2, -0.15) is 0 Å². The molecule has 2 aliphatic rings. The van der Waals surface area contributed by atoms with Crippen LogP contribution in [0.1, 0.15) is 17.9 Å². The normalized spacial score (nSPS) is 30.3. The number of rotatable bonds is 4. The molecule has 3 heterocycles. The molecule has 0 radical (unpaired) electrons. The lowest BCUT2D eigenvalue weighted by Gasteiger charge is -2.30. The molecule has 1 aromatic rings. The molecule has 5 heteroatoms. The molecule has 1 spiro atoms. The van der Waals surface area contributed by atoms with Crippen LogP contribution >= 0.6 is 0 Å². The maximum atomic E-state index is 6.22. The number of aryl methyl sites for hydroxylation is 1. The fraction of sp³-hybridized carbons (Fsp3) is 0.765. The Morgan fingerprint density at radius 2 is 2.23 bits per heavy atom. The van der Waals surface area contributed by atoms with Crippen molar-refractivity contribution in [2.24, 2.45) is 5.92 Å². The maximum absolute atomic E-state index is 6.22. The van der Waals surface area contributed by atoms with E-state index >= 15 is 0 Å². The van der Waals surface area contributed by atoms with E-state index in [1.807, 2.05) is 13.0 Å². The highest BCUT2D eigenvalue weighted by atomic mass is 16.5. The molecule has 3 rings (SSSR count). The van der Waals surface area contributed by atoms with Crippen molar-refractivity contribution in [3.05, 3.63) is 23.7 Å². The number of hydrogen-bond acceptors (Lipinski definition) is 5. The molecule has 2 atom stereocenters. The summed E-state index contributed by atoms with van der Waals surface area (Å²) < 4.78 is 17.8. The molecule has 0 unspecified atom stereocenters. The second-order valence-electron chi connectivity index (χ2n) is 7.10. The third kappa shape index (κ3) is 3.90. The molecule has 2 aliphatic heterocycles. The molecule has 22 heavy (non-hydrogen) atoms. The van der Waals surface area contributed by atoms with Crippen LogP contribution in [0.5, 0.6) is 0 Å². The van der Waals surface area contributed by atoms with E-state index in [0.717, 1.165) is 57.3 Å². The minimum absolute atomic E-state index is 0.140. The summed E-state index contributed by atoms with van der Waals surface area (Å²) in [6.07, 6.45) is 1.08. The van der Waals surface area contributed by atoms with Gasteiger partial charge in [0.1, 0.15) is 17.1 Å². The van der Waals surface area contributed by atoms with Crippen LogP contribution in [-0.2, 0) is 16.0 Å². The van der Waals surface area contributed by atoms with Crippen LogP contribution in [-0.4, -0.2) is 69.0 Å².